The predicted molar refractivity (Wildman–Crippen MR) is 157 cm³/mol. The lowest BCUT2D eigenvalue weighted by Gasteiger charge is -2.36. The van der Waals surface area contributed by atoms with Crippen molar-refractivity contribution in [2.75, 3.05) is 42.3 Å². The number of guanidine groups is 1. The number of rotatable bonds is 7. The molecule has 1 unspecified atom stereocenters. The smallest absolute Gasteiger partial charge is 0.228 e. The second-order valence-corrected chi connectivity index (χ2v) is 12.4. The third-order valence-corrected chi connectivity index (χ3v) is 9.10. The molecule has 40 heavy (non-hydrogen) atoms. The Morgan fingerprint density at radius 1 is 1.27 bits per heavy atom. The Morgan fingerprint density at radius 3 is 2.58 bits per heavy atom. The van der Waals surface area contributed by atoms with Gasteiger partial charge in [-0.1, -0.05) is 6.92 Å². The van der Waals surface area contributed by atoms with Crippen LogP contribution >= 0.6 is 0 Å². The van der Waals surface area contributed by atoms with Gasteiger partial charge in [-0.3, -0.25) is 0 Å². The highest BCUT2D eigenvalue weighted by molar-refractivity contribution is 7.91. The van der Waals surface area contributed by atoms with Crippen molar-refractivity contribution in [2.24, 2.45) is 9.98 Å². The van der Waals surface area contributed by atoms with Crippen LogP contribution in [-0.4, -0.2) is 69.9 Å². The SMILES string of the molecule is C=NC(=Nc1ccc(N2CCC(S(C)(=O)=O)CC2)cn1)N/C(=C(\C)F)c1cc(F)c2c(c1)N(C(C)CC)CCO2. The number of sulfone groups is 1. The minimum Gasteiger partial charge on any atom is -0.486 e. The standard InChI is InChI=1S/C28H36F2N6O3S/c1-6-18(2)36-13-14-39-27-23(30)15-20(16-24(27)36)26(19(3)29)34-28(31-4)33-25-8-7-21(17-32-25)35-11-9-22(10-12-35)40(5,37)38/h7-8,15-18,22H,4,6,9-14H2,1-3,5H3,(H,32,33,34)/b26-19+. The van der Waals surface area contributed by atoms with Gasteiger partial charge < -0.3 is 19.9 Å². The van der Waals surface area contributed by atoms with Gasteiger partial charge in [0.25, 0.3) is 0 Å². The molecular formula is C28H36F2N6O3S. The molecule has 1 aromatic heterocycles. The van der Waals surface area contributed by atoms with Crippen molar-refractivity contribution in [2.45, 2.75) is 51.3 Å². The van der Waals surface area contributed by atoms with Crippen molar-refractivity contribution in [1.29, 1.82) is 0 Å². The second kappa shape index (κ2) is 12.3. The molecule has 12 heteroatoms. The Balaban J connectivity index is 1.54. The molecule has 1 aromatic carbocycles. The largest absolute Gasteiger partial charge is 0.486 e. The van der Waals surface area contributed by atoms with E-state index in [1.54, 1.807) is 18.3 Å². The first kappa shape index (κ1) is 29.4. The first-order chi connectivity index (χ1) is 19.0. The van der Waals surface area contributed by atoms with Crippen LogP contribution in [0.1, 0.15) is 45.6 Å². The summed E-state index contributed by atoms with van der Waals surface area (Å²) in [6, 6.07) is 6.61. The molecule has 0 aliphatic carbocycles. The molecule has 2 aliphatic heterocycles. The van der Waals surface area contributed by atoms with E-state index in [-0.39, 0.29) is 34.3 Å². The number of pyridine rings is 1. The predicted octanol–water partition coefficient (Wildman–Crippen LogP) is 4.87. The number of nitrogens with zero attached hydrogens (tertiary/aromatic N) is 5. The maximum atomic E-state index is 15.1. The van der Waals surface area contributed by atoms with Gasteiger partial charge in [-0.2, -0.15) is 4.99 Å². The lowest BCUT2D eigenvalue weighted by atomic mass is 10.1. The molecule has 1 atom stereocenters. The molecule has 4 rings (SSSR count). The number of aromatic nitrogens is 1. The average molecular weight is 575 g/mol. The first-order valence-corrected chi connectivity index (χ1v) is 15.3. The number of anilines is 2. The van der Waals surface area contributed by atoms with Crippen LogP contribution in [0.25, 0.3) is 5.70 Å². The number of hydrogen-bond acceptors (Lipinski definition) is 7. The zero-order valence-electron chi connectivity index (χ0n) is 23.3. The topological polar surface area (TPSA) is 99.5 Å². The number of benzene rings is 1. The summed E-state index contributed by atoms with van der Waals surface area (Å²) in [6.45, 7) is 11.1. The van der Waals surface area contributed by atoms with Crippen LogP contribution < -0.4 is 19.9 Å². The molecule has 1 fully saturated rings. The molecule has 0 amide bonds. The maximum absolute atomic E-state index is 15.1. The second-order valence-electron chi connectivity index (χ2n) is 10.1. The van der Waals surface area contributed by atoms with Crippen LogP contribution in [0.15, 0.2) is 46.3 Å². The highest BCUT2D eigenvalue weighted by Gasteiger charge is 2.28. The Bertz CT molecular complexity index is 1400. The molecule has 0 saturated carbocycles. The molecule has 9 nitrogen and oxygen atoms in total. The van der Waals surface area contributed by atoms with Crippen LogP contribution in [0.3, 0.4) is 0 Å². The minimum atomic E-state index is -3.05. The summed E-state index contributed by atoms with van der Waals surface area (Å²) >= 11 is 0. The molecule has 1 saturated heterocycles. The number of nitrogens with one attached hydrogen (secondary N) is 1. The van der Waals surface area contributed by atoms with E-state index in [0.717, 1.165) is 12.1 Å². The van der Waals surface area contributed by atoms with Crippen molar-refractivity contribution in [3.8, 4) is 5.75 Å². The van der Waals surface area contributed by atoms with Crippen LogP contribution in [0.5, 0.6) is 5.75 Å². The van der Waals surface area contributed by atoms with Crippen LogP contribution in [-0.2, 0) is 9.84 Å². The van der Waals surface area contributed by atoms with E-state index in [0.29, 0.717) is 50.6 Å². The van der Waals surface area contributed by atoms with Crippen LogP contribution in [0, 0.1) is 5.82 Å². The Labute approximate surface area is 234 Å². The fourth-order valence-corrected chi connectivity index (χ4v) is 6.05. The van der Waals surface area contributed by atoms with Crippen molar-refractivity contribution in [3.63, 3.8) is 0 Å². The number of piperidine rings is 1. The van der Waals surface area contributed by atoms with Gasteiger partial charge in [0.2, 0.25) is 5.96 Å². The fraction of sp³-hybridized carbons (Fsp3) is 0.464. The average Bonchev–Trinajstić information content (AvgIpc) is 2.94. The number of hydrogen-bond donors (Lipinski definition) is 1. The van der Waals surface area contributed by atoms with E-state index in [4.69, 9.17) is 4.74 Å². The van der Waals surface area contributed by atoms with Crippen molar-refractivity contribution in [1.82, 2.24) is 10.3 Å². The van der Waals surface area contributed by atoms with Gasteiger partial charge in [0, 0.05) is 31.0 Å². The van der Waals surface area contributed by atoms with Gasteiger partial charge in [-0.15, -0.1) is 0 Å². The van der Waals surface area contributed by atoms with Gasteiger partial charge >= 0.3 is 0 Å². The number of halogens is 2. The summed E-state index contributed by atoms with van der Waals surface area (Å²) in [5.74, 6) is -0.693. The maximum Gasteiger partial charge on any atom is 0.228 e. The van der Waals surface area contributed by atoms with Crippen molar-refractivity contribution in [3.05, 3.63) is 47.7 Å². The van der Waals surface area contributed by atoms with E-state index >= 15 is 4.39 Å². The zero-order valence-corrected chi connectivity index (χ0v) is 24.1. The van der Waals surface area contributed by atoms with E-state index in [9.17, 15) is 12.8 Å². The summed E-state index contributed by atoms with van der Waals surface area (Å²) in [5.41, 5.74) is 1.71. The molecule has 0 radical (unpaired) electrons. The van der Waals surface area contributed by atoms with Crippen molar-refractivity contribution < 1.29 is 21.9 Å². The Morgan fingerprint density at radius 2 is 2.00 bits per heavy atom. The normalized spacial score (nSPS) is 18.0. The molecule has 0 bridgehead atoms. The third-order valence-electron chi connectivity index (χ3n) is 7.42. The summed E-state index contributed by atoms with van der Waals surface area (Å²) in [6.07, 6.45) is 4.92. The Kier molecular flexibility index (Phi) is 9.07. The number of allylic oxidation sites excluding steroid dienone is 1. The van der Waals surface area contributed by atoms with Gasteiger partial charge in [-0.05, 0) is 64.1 Å². The van der Waals surface area contributed by atoms with Gasteiger partial charge in [0.15, 0.2) is 17.4 Å². The first-order valence-electron chi connectivity index (χ1n) is 13.3. The van der Waals surface area contributed by atoms with E-state index in [1.165, 1.54) is 19.2 Å². The van der Waals surface area contributed by atoms with Gasteiger partial charge in [-0.25, -0.2) is 27.2 Å². The lowest BCUT2D eigenvalue weighted by Crippen LogP contribution is -2.39. The number of ether oxygens (including phenoxy) is 1. The monoisotopic (exact) mass is 574 g/mol. The fourth-order valence-electron chi connectivity index (χ4n) is 4.98. The summed E-state index contributed by atoms with van der Waals surface area (Å²) < 4.78 is 59.2. The summed E-state index contributed by atoms with van der Waals surface area (Å²) in [5, 5.41) is 2.53. The minimum absolute atomic E-state index is 0.00521. The molecule has 0 spiro atoms. The van der Waals surface area contributed by atoms with Crippen molar-refractivity contribution >= 4 is 45.4 Å². The molecule has 2 aromatic rings. The Hall–Kier alpha value is -3.54. The molecule has 3 heterocycles. The molecule has 2 aliphatic rings. The van der Waals surface area contributed by atoms with Gasteiger partial charge in [0.05, 0.1) is 35.1 Å². The van der Waals surface area contributed by atoms with E-state index in [2.05, 4.69) is 50.7 Å². The van der Waals surface area contributed by atoms with Gasteiger partial charge in [0.1, 0.15) is 22.3 Å². The van der Waals surface area contributed by atoms with Crippen LogP contribution in [0.4, 0.5) is 26.0 Å². The number of aliphatic imine (C=N–C) groups is 2. The van der Waals surface area contributed by atoms with E-state index < -0.39 is 21.5 Å². The third kappa shape index (κ3) is 6.60. The molecular weight excluding hydrogens is 538 g/mol. The highest BCUT2D eigenvalue weighted by Crippen LogP contribution is 2.38. The zero-order chi connectivity index (χ0) is 29.0. The number of fused-ring (bicyclic) bond motifs is 1. The summed E-state index contributed by atoms with van der Waals surface area (Å²) in [4.78, 5) is 16.8. The van der Waals surface area contributed by atoms with Crippen LogP contribution in [0.2, 0.25) is 0 Å². The molecule has 216 valence electrons. The van der Waals surface area contributed by atoms with E-state index in [1.807, 2.05) is 6.07 Å². The highest BCUT2D eigenvalue weighted by atomic mass is 32.2. The lowest BCUT2D eigenvalue weighted by molar-refractivity contribution is 0.285. The summed E-state index contributed by atoms with van der Waals surface area (Å²) in [7, 11) is -3.05. The quantitative estimate of drug-likeness (QED) is 0.372. The molecule has 1 N–H and O–H groups in total.